The van der Waals surface area contributed by atoms with Gasteiger partial charge in [0.25, 0.3) is 0 Å². The number of hydrogen-bond donors (Lipinski definition) is 1. The Morgan fingerprint density at radius 1 is 1.32 bits per heavy atom. The number of aliphatic hydroxyl groups excluding tert-OH is 1. The first-order valence-corrected chi connectivity index (χ1v) is 5.77. The number of aliphatic hydroxyl groups is 1. The van der Waals surface area contributed by atoms with Crippen molar-refractivity contribution in [3.8, 4) is 0 Å². The van der Waals surface area contributed by atoms with Crippen LogP contribution >= 0.6 is 0 Å². The normalized spacial score (nSPS) is 14.2. The summed E-state index contributed by atoms with van der Waals surface area (Å²) in [6.45, 7) is 5.15. The number of esters is 2. The molecule has 116 valence electrons. The van der Waals surface area contributed by atoms with E-state index in [1.807, 2.05) is 6.92 Å². The minimum atomic E-state index is -0.674. The molecule has 1 N–H and O–H groups in total. The molecule has 0 aromatic rings. The van der Waals surface area contributed by atoms with E-state index < -0.39 is 17.3 Å². The molecule has 0 spiro atoms. The van der Waals surface area contributed by atoms with Crippen LogP contribution in [0.15, 0.2) is 0 Å². The molecule has 0 radical (unpaired) electrons. The smallest absolute Gasteiger partial charge is 0.311 e. The van der Waals surface area contributed by atoms with E-state index >= 15 is 0 Å². The van der Waals surface area contributed by atoms with Gasteiger partial charge in [-0.25, -0.2) is 0 Å². The zero-order chi connectivity index (χ0) is 13.5. The minimum Gasteiger partial charge on any atom is -0.469 e. The van der Waals surface area contributed by atoms with Gasteiger partial charge in [0.15, 0.2) is 0 Å². The Bertz CT molecular complexity index is 265. The lowest BCUT2D eigenvalue weighted by atomic mass is 9.79. The zero-order valence-corrected chi connectivity index (χ0v) is 11.0. The third-order valence-electron chi connectivity index (χ3n) is 2.95. The van der Waals surface area contributed by atoms with Crippen LogP contribution in [-0.4, -0.2) is 37.4 Å². The van der Waals surface area contributed by atoms with E-state index in [0.717, 1.165) is 0 Å². The number of rotatable bonds is 7. The minimum absolute atomic E-state index is 0. The van der Waals surface area contributed by atoms with Crippen molar-refractivity contribution >= 4 is 11.9 Å². The molecule has 0 bridgehead atoms. The van der Waals surface area contributed by atoms with Crippen LogP contribution in [0.2, 0.25) is 0 Å². The van der Waals surface area contributed by atoms with Gasteiger partial charge >= 0.3 is 11.9 Å². The van der Waals surface area contributed by atoms with Gasteiger partial charge in [0.05, 0.1) is 25.0 Å². The van der Waals surface area contributed by atoms with Crippen LogP contribution in [0.5, 0.6) is 0 Å². The lowest BCUT2D eigenvalue weighted by Gasteiger charge is -2.27. The maximum atomic E-state index is 11.6. The number of carbonyl (C=O) groups excluding carboxylic acids is 2. The van der Waals surface area contributed by atoms with Crippen LogP contribution in [0.3, 0.4) is 0 Å². The lowest BCUT2D eigenvalue weighted by molar-refractivity contribution is -0.156. The molecule has 0 heterocycles. The monoisotopic (exact) mass is 278 g/mol. The summed E-state index contributed by atoms with van der Waals surface area (Å²) in [5.74, 6) is -1.12. The van der Waals surface area contributed by atoms with Gasteiger partial charge in [-0.05, 0) is 19.8 Å². The molecule has 0 fully saturated rings. The van der Waals surface area contributed by atoms with Gasteiger partial charge in [-0.3, -0.25) is 9.59 Å². The highest BCUT2D eigenvalue weighted by Crippen LogP contribution is 2.31. The Labute approximate surface area is 117 Å². The van der Waals surface area contributed by atoms with Gasteiger partial charge in [-0.15, -0.1) is 0 Å². The first kappa shape index (κ1) is 23.0. The predicted molar refractivity (Wildman–Crippen MR) is 75.7 cm³/mol. The maximum Gasteiger partial charge on any atom is 0.311 e. The molecule has 2 unspecified atom stereocenters. The Morgan fingerprint density at radius 2 is 1.84 bits per heavy atom. The van der Waals surface area contributed by atoms with Gasteiger partial charge in [0.2, 0.25) is 0 Å². The second-order valence-electron chi connectivity index (χ2n) is 4.40. The molecule has 0 aliphatic heterocycles. The fourth-order valence-electron chi connectivity index (χ4n) is 1.67. The second kappa shape index (κ2) is 10.8. The fourth-order valence-corrected chi connectivity index (χ4v) is 1.67. The molecular formula is C14H30O5. The third-order valence-corrected chi connectivity index (χ3v) is 2.95. The van der Waals surface area contributed by atoms with Crippen molar-refractivity contribution in [2.75, 3.05) is 20.3 Å². The molecule has 0 saturated carbocycles. The molecule has 0 saturated heterocycles. The summed E-state index contributed by atoms with van der Waals surface area (Å²) < 4.78 is 9.55. The third kappa shape index (κ3) is 7.15. The van der Waals surface area contributed by atoms with Gasteiger partial charge in [0, 0.05) is 0 Å². The van der Waals surface area contributed by atoms with Gasteiger partial charge in [-0.1, -0.05) is 28.7 Å². The van der Waals surface area contributed by atoms with Crippen LogP contribution in [-0.2, 0) is 19.1 Å². The van der Waals surface area contributed by atoms with E-state index in [1.54, 1.807) is 13.8 Å². The summed E-state index contributed by atoms with van der Waals surface area (Å²) in [5, 5.41) is 8.55. The van der Waals surface area contributed by atoms with Gasteiger partial charge in [-0.2, -0.15) is 0 Å². The number of hydrogen-bond acceptors (Lipinski definition) is 5. The summed E-state index contributed by atoms with van der Waals surface area (Å²) in [7, 11) is 1.34. The van der Waals surface area contributed by atoms with Crippen molar-refractivity contribution in [1.82, 2.24) is 0 Å². The molecule has 0 aromatic heterocycles. The van der Waals surface area contributed by atoms with Crippen LogP contribution in [0, 0.1) is 11.3 Å². The maximum absolute atomic E-state index is 11.6. The summed E-state index contributed by atoms with van der Waals surface area (Å²) in [6, 6.07) is 0. The number of methoxy groups -OCH3 is 1. The standard InChI is InChI=1S/C12H22O5.2CH4/c1-5-12(3,11(15)16-4)8-9(2)10(14)17-7-6-13;;/h9,13H,5-8H2,1-4H3;2*1H4. The number of ether oxygens (including phenoxy) is 2. The second-order valence-corrected chi connectivity index (χ2v) is 4.40. The highest BCUT2D eigenvalue weighted by Gasteiger charge is 2.36. The first-order valence-electron chi connectivity index (χ1n) is 5.77. The highest BCUT2D eigenvalue weighted by atomic mass is 16.5. The zero-order valence-electron chi connectivity index (χ0n) is 11.0. The lowest BCUT2D eigenvalue weighted by Crippen LogP contribution is -2.33. The first-order chi connectivity index (χ1) is 7.91. The van der Waals surface area contributed by atoms with Crippen molar-refractivity contribution in [2.45, 2.75) is 48.5 Å². The summed E-state index contributed by atoms with van der Waals surface area (Å²) in [4.78, 5) is 23.1. The fraction of sp³-hybridized carbons (Fsp3) is 0.857. The largest absolute Gasteiger partial charge is 0.469 e. The predicted octanol–water partition coefficient (Wildman–Crippen LogP) is 2.41. The molecule has 5 heteroatoms. The Morgan fingerprint density at radius 3 is 2.21 bits per heavy atom. The molecule has 0 aliphatic carbocycles. The molecule has 0 aromatic carbocycles. The van der Waals surface area contributed by atoms with Crippen molar-refractivity contribution in [2.24, 2.45) is 11.3 Å². The van der Waals surface area contributed by atoms with E-state index in [-0.39, 0.29) is 34.0 Å². The summed E-state index contributed by atoms with van der Waals surface area (Å²) in [6.07, 6.45) is 0.970. The van der Waals surface area contributed by atoms with E-state index in [0.29, 0.717) is 12.8 Å². The molecule has 2 atom stereocenters. The Hall–Kier alpha value is -1.10. The van der Waals surface area contributed by atoms with Crippen LogP contribution in [0.4, 0.5) is 0 Å². The summed E-state index contributed by atoms with van der Waals surface area (Å²) >= 11 is 0. The summed E-state index contributed by atoms with van der Waals surface area (Å²) in [5.41, 5.74) is -0.674. The van der Waals surface area contributed by atoms with Crippen LogP contribution in [0.25, 0.3) is 0 Å². The van der Waals surface area contributed by atoms with E-state index in [4.69, 9.17) is 14.6 Å². The number of carbonyl (C=O) groups is 2. The quantitative estimate of drug-likeness (QED) is 0.724. The molecule has 0 rings (SSSR count). The van der Waals surface area contributed by atoms with Gasteiger partial charge in [0.1, 0.15) is 6.61 Å². The van der Waals surface area contributed by atoms with Crippen molar-refractivity contribution < 1.29 is 24.2 Å². The van der Waals surface area contributed by atoms with Crippen LogP contribution in [0.1, 0.15) is 48.5 Å². The SMILES string of the molecule is C.C.CCC(C)(CC(C)C(=O)OCCO)C(=O)OC. The average molecular weight is 278 g/mol. The molecule has 19 heavy (non-hydrogen) atoms. The molecule has 0 aliphatic rings. The van der Waals surface area contributed by atoms with Crippen molar-refractivity contribution in [1.29, 1.82) is 0 Å². The molecule has 5 nitrogen and oxygen atoms in total. The highest BCUT2D eigenvalue weighted by molar-refractivity contribution is 5.78. The van der Waals surface area contributed by atoms with Gasteiger partial charge < -0.3 is 14.6 Å². The Kier molecular flexibility index (Phi) is 13.1. The molecular weight excluding hydrogens is 248 g/mol. The van der Waals surface area contributed by atoms with E-state index in [9.17, 15) is 9.59 Å². The van der Waals surface area contributed by atoms with Crippen molar-refractivity contribution in [3.05, 3.63) is 0 Å². The molecule has 0 amide bonds. The van der Waals surface area contributed by atoms with Crippen LogP contribution < -0.4 is 0 Å². The average Bonchev–Trinajstić information content (AvgIpc) is 2.34. The van der Waals surface area contributed by atoms with Crippen molar-refractivity contribution in [3.63, 3.8) is 0 Å². The van der Waals surface area contributed by atoms with E-state index in [1.165, 1.54) is 7.11 Å². The Balaban J connectivity index is -0.00000128. The topological polar surface area (TPSA) is 72.8 Å². The van der Waals surface area contributed by atoms with E-state index in [2.05, 4.69) is 0 Å².